The van der Waals surface area contributed by atoms with Crippen molar-refractivity contribution in [3.8, 4) is 0 Å². The summed E-state index contributed by atoms with van der Waals surface area (Å²) in [5.41, 5.74) is 0.0556. The quantitative estimate of drug-likeness (QED) is 0.882. The molecule has 0 spiro atoms. The van der Waals surface area contributed by atoms with Crippen LogP contribution < -0.4 is 0 Å². The summed E-state index contributed by atoms with van der Waals surface area (Å²) >= 11 is 0. The van der Waals surface area contributed by atoms with Crippen molar-refractivity contribution >= 4 is 0 Å². The predicted octanol–water partition coefficient (Wildman–Crippen LogP) is 2.67. The van der Waals surface area contributed by atoms with Gasteiger partial charge in [-0.2, -0.15) is 0 Å². The summed E-state index contributed by atoms with van der Waals surface area (Å²) < 4.78 is 5.98. The second-order valence-electron chi connectivity index (χ2n) is 6.62. The second kappa shape index (κ2) is 4.89. The van der Waals surface area contributed by atoms with Gasteiger partial charge in [0, 0.05) is 5.92 Å². The molecule has 1 fully saturated rings. The van der Waals surface area contributed by atoms with E-state index >= 15 is 0 Å². The van der Waals surface area contributed by atoms with E-state index in [0.29, 0.717) is 0 Å². The number of ether oxygens (including phenoxy) is 1. The van der Waals surface area contributed by atoms with E-state index in [1.807, 2.05) is 58.0 Å². The van der Waals surface area contributed by atoms with E-state index in [1.165, 1.54) is 0 Å². The third kappa shape index (κ3) is 2.99. The van der Waals surface area contributed by atoms with Gasteiger partial charge in [0.2, 0.25) is 0 Å². The van der Waals surface area contributed by atoms with Crippen LogP contribution in [0.4, 0.5) is 0 Å². The Kier molecular flexibility index (Phi) is 3.74. The summed E-state index contributed by atoms with van der Waals surface area (Å²) in [5.74, 6) is -0.0855. The van der Waals surface area contributed by atoms with Crippen LogP contribution in [-0.2, 0) is 4.74 Å². The summed E-state index contributed by atoms with van der Waals surface area (Å²) in [5, 5.41) is 20.9. The molecule has 0 aliphatic carbocycles. The highest BCUT2D eigenvalue weighted by molar-refractivity contribution is 5.19. The SMILES string of the molecule is CC1(C)CC(C(O)C(O)c2ccccc2)C(C)(C)O1. The fourth-order valence-corrected chi connectivity index (χ4v) is 3.20. The molecule has 3 heteroatoms. The molecule has 19 heavy (non-hydrogen) atoms. The lowest BCUT2D eigenvalue weighted by molar-refractivity contribution is -0.104. The van der Waals surface area contributed by atoms with Crippen LogP contribution in [0.25, 0.3) is 0 Å². The van der Waals surface area contributed by atoms with Gasteiger partial charge in [-0.1, -0.05) is 30.3 Å². The zero-order chi connectivity index (χ0) is 14.3. The standard InChI is InChI=1S/C16H24O3/c1-15(2)10-12(16(3,4)19-15)14(18)13(17)11-8-6-5-7-9-11/h5-9,12-14,17-18H,10H2,1-4H3. The van der Waals surface area contributed by atoms with Gasteiger partial charge in [0.15, 0.2) is 0 Å². The van der Waals surface area contributed by atoms with Crippen molar-refractivity contribution in [2.24, 2.45) is 5.92 Å². The summed E-state index contributed by atoms with van der Waals surface area (Å²) in [6, 6.07) is 9.30. The van der Waals surface area contributed by atoms with Crippen LogP contribution in [-0.4, -0.2) is 27.5 Å². The van der Waals surface area contributed by atoms with Gasteiger partial charge in [0.25, 0.3) is 0 Å². The Bertz CT molecular complexity index is 425. The smallest absolute Gasteiger partial charge is 0.105 e. The highest BCUT2D eigenvalue weighted by Gasteiger charge is 2.50. The van der Waals surface area contributed by atoms with Crippen LogP contribution >= 0.6 is 0 Å². The minimum Gasteiger partial charge on any atom is -0.390 e. The van der Waals surface area contributed by atoms with Crippen LogP contribution in [0.3, 0.4) is 0 Å². The van der Waals surface area contributed by atoms with E-state index in [1.54, 1.807) is 0 Å². The summed E-state index contributed by atoms with van der Waals surface area (Å²) in [4.78, 5) is 0. The number of rotatable bonds is 3. The topological polar surface area (TPSA) is 49.7 Å². The molecular weight excluding hydrogens is 240 g/mol. The summed E-state index contributed by atoms with van der Waals surface area (Å²) in [6.07, 6.45) is -0.951. The Hall–Kier alpha value is -0.900. The molecule has 3 unspecified atom stereocenters. The Balaban J connectivity index is 2.18. The van der Waals surface area contributed by atoms with Crippen LogP contribution in [0.15, 0.2) is 30.3 Å². The predicted molar refractivity (Wildman–Crippen MR) is 74.8 cm³/mol. The van der Waals surface area contributed by atoms with Crippen molar-refractivity contribution in [2.45, 2.75) is 57.5 Å². The highest BCUT2D eigenvalue weighted by Crippen LogP contribution is 2.45. The molecule has 106 valence electrons. The zero-order valence-electron chi connectivity index (χ0n) is 12.1. The van der Waals surface area contributed by atoms with Crippen LogP contribution in [0.2, 0.25) is 0 Å². The molecule has 1 saturated heterocycles. The van der Waals surface area contributed by atoms with Crippen molar-refractivity contribution in [1.82, 2.24) is 0 Å². The Morgan fingerprint density at radius 1 is 1.11 bits per heavy atom. The largest absolute Gasteiger partial charge is 0.390 e. The summed E-state index contributed by atoms with van der Waals surface area (Å²) in [6.45, 7) is 8.01. The van der Waals surface area contributed by atoms with Gasteiger partial charge in [0.1, 0.15) is 6.10 Å². The molecule has 0 amide bonds. The number of aliphatic hydroxyl groups is 2. The molecule has 1 aromatic carbocycles. The van der Waals surface area contributed by atoms with Gasteiger partial charge < -0.3 is 14.9 Å². The number of aliphatic hydroxyl groups excluding tert-OH is 2. The lowest BCUT2D eigenvalue weighted by Gasteiger charge is -2.32. The highest BCUT2D eigenvalue weighted by atomic mass is 16.5. The van der Waals surface area contributed by atoms with Gasteiger partial charge in [-0.25, -0.2) is 0 Å². The lowest BCUT2D eigenvalue weighted by atomic mass is 9.80. The van der Waals surface area contributed by atoms with E-state index in [2.05, 4.69) is 0 Å². The van der Waals surface area contributed by atoms with E-state index < -0.39 is 17.8 Å². The molecule has 1 heterocycles. The van der Waals surface area contributed by atoms with E-state index in [0.717, 1.165) is 12.0 Å². The Morgan fingerprint density at radius 3 is 2.16 bits per heavy atom. The molecule has 1 aromatic rings. The molecular formula is C16H24O3. The Morgan fingerprint density at radius 2 is 1.68 bits per heavy atom. The van der Waals surface area contributed by atoms with Crippen molar-refractivity contribution in [1.29, 1.82) is 0 Å². The average Bonchev–Trinajstić information content (AvgIpc) is 2.56. The van der Waals surface area contributed by atoms with Gasteiger partial charge in [0.05, 0.1) is 17.3 Å². The first-order valence-electron chi connectivity index (χ1n) is 6.84. The maximum atomic E-state index is 10.5. The monoisotopic (exact) mass is 264 g/mol. The van der Waals surface area contributed by atoms with Crippen LogP contribution in [0, 0.1) is 5.92 Å². The molecule has 0 radical (unpaired) electrons. The van der Waals surface area contributed by atoms with Crippen molar-refractivity contribution < 1.29 is 14.9 Å². The summed E-state index contributed by atoms with van der Waals surface area (Å²) in [7, 11) is 0. The van der Waals surface area contributed by atoms with Crippen molar-refractivity contribution in [3.63, 3.8) is 0 Å². The molecule has 0 aromatic heterocycles. The van der Waals surface area contributed by atoms with Crippen LogP contribution in [0.5, 0.6) is 0 Å². The minimum atomic E-state index is -0.872. The number of hydrogen-bond acceptors (Lipinski definition) is 3. The first-order valence-corrected chi connectivity index (χ1v) is 6.84. The maximum Gasteiger partial charge on any atom is 0.105 e. The third-order valence-electron chi connectivity index (χ3n) is 4.02. The molecule has 3 atom stereocenters. The van der Waals surface area contributed by atoms with E-state index in [4.69, 9.17) is 4.74 Å². The van der Waals surface area contributed by atoms with Crippen molar-refractivity contribution in [2.75, 3.05) is 0 Å². The average molecular weight is 264 g/mol. The fourth-order valence-electron chi connectivity index (χ4n) is 3.20. The molecule has 2 rings (SSSR count). The maximum absolute atomic E-state index is 10.5. The van der Waals surface area contributed by atoms with E-state index in [-0.39, 0.29) is 11.5 Å². The Labute approximate surface area is 115 Å². The first-order chi connectivity index (χ1) is 8.73. The molecule has 1 aliphatic rings. The van der Waals surface area contributed by atoms with Gasteiger partial charge in [-0.3, -0.25) is 0 Å². The normalized spacial score (nSPS) is 28.0. The number of benzene rings is 1. The van der Waals surface area contributed by atoms with Gasteiger partial charge in [-0.15, -0.1) is 0 Å². The molecule has 0 bridgehead atoms. The second-order valence-corrected chi connectivity index (χ2v) is 6.62. The third-order valence-corrected chi connectivity index (χ3v) is 4.02. The first kappa shape index (κ1) is 14.5. The molecule has 3 nitrogen and oxygen atoms in total. The van der Waals surface area contributed by atoms with Gasteiger partial charge >= 0.3 is 0 Å². The van der Waals surface area contributed by atoms with Gasteiger partial charge in [-0.05, 0) is 39.7 Å². The van der Waals surface area contributed by atoms with Crippen LogP contribution in [0.1, 0.15) is 45.8 Å². The molecule has 0 saturated carbocycles. The minimum absolute atomic E-state index is 0.0855. The fraction of sp³-hybridized carbons (Fsp3) is 0.625. The lowest BCUT2D eigenvalue weighted by Crippen LogP contribution is -2.39. The van der Waals surface area contributed by atoms with E-state index in [9.17, 15) is 10.2 Å². The molecule has 2 N–H and O–H groups in total. The number of hydrogen-bond donors (Lipinski definition) is 2. The van der Waals surface area contributed by atoms with Crippen molar-refractivity contribution in [3.05, 3.63) is 35.9 Å². The zero-order valence-corrected chi connectivity index (χ0v) is 12.1. The molecule has 1 aliphatic heterocycles.